The number of amides is 1. The van der Waals surface area contributed by atoms with Crippen LogP contribution >= 0.6 is 11.6 Å². The number of para-hydroxylation sites is 2. The third-order valence-corrected chi connectivity index (χ3v) is 8.31. The van der Waals surface area contributed by atoms with Crippen molar-refractivity contribution in [3.63, 3.8) is 0 Å². The largest absolute Gasteiger partial charge is 0.490 e. The number of hydrogen-bond acceptors (Lipinski definition) is 5. The summed E-state index contributed by atoms with van der Waals surface area (Å²) in [6, 6.07) is 20.6. The van der Waals surface area contributed by atoms with Gasteiger partial charge in [-0.15, -0.1) is 0 Å². The van der Waals surface area contributed by atoms with Crippen molar-refractivity contribution >= 4 is 34.7 Å². The lowest BCUT2D eigenvalue weighted by Crippen LogP contribution is -2.39. The van der Waals surface area contributed by atoms with Gasteiger partial charge in [-0.3, -0.25) is 14.5 Å². The number of fused-ring (bicyclic) bond motifs is 1. The number of nitrogens with one attached hydrogen (secondary N) is 1. The molecule has 43 heavy (non-hydrogen) atoms. The van der Waals surface area contributed by atoms with E-state index in [-0.39, 0.29) is 17.1 Å². The first-order valence-corrected chi connectivity index (χ1v) is 15.7. The predicted octanol–water partition coefficient (Wildman–Crippen LogP) is 9.04. The van der Waals surface area contributed by atoms with Crippen molar-refractivity contribution in [1.82, 2.24) is 0 Å². The standard InChI is InChI=1S/C36H41ClN2O4/c1-5-7-8-13-33(41)39-29-12-10-9-11-27(29)38-28-21-36(3,4)22-30(40)34(28)35(39)25-16-19-31(32(20-25)42-6-2)43-23-24-14-17-26(37)18-15-24/h9-12,14-20,35,38H,5-8,13,21-23H2,1-4H3/t35-/m0/s1. The zero-order chi connectivity index (χ0) is 30.6. The van der Waals surface area contributed by atoms with Gasteiger partial charge in [0, 0.05) is 29.1 Å². The van der Waals surface area contributed by atoms with E-state index in [4.69, 9.17) is 21.1 Å². The van der Waals surface area contributed by atoms with Crippen molar-refractivity contribution in [2.45, 2.75) is 78.9 Å². The molecule has 226 valence electrons. The molecule has 7 heteroatoms. The second kappa shape index (κ2) is 13.3. The summed E-state index contributed by atoms with van der Waals surface area (Å²) in [4.78, 5) is 30.0. The van der Waals surface area contributed by atoms with Gasteiger partial charge >= 0.3 is 0 Å². The molecule has 0 radical (unpaired) electrons. The number of allylic oxidation sites excluding steroid dienone is 1. The van der Waals surface area contributed by atoms with E-state index in [9.17, 15) is 9.59 Å². The van der Waals surface area contributed by atoms with Crippen LogP contribution in [0.1, 0.15) is 83.4 Å². The predicted molar refractivity (Wildman–Crippen MR) is 173 cm³/mol. The Hall–Kier alpha value is -3.77. The van der Waals surface area contributed by atoms with Crippen LogP contribution in [0, 0.1) is 5.41 Å². The highest BCUT2D eigenvalue weighted by Gasteiger charge is 2.43. The molecule has 0 spiro atoms. The molecular weight excluding hydrogens is 560 g/mol. The Balaban J connectivity index is 1.62. The molecule has 0 saturated carbocycles. The van der Waals surface area contributed by atoms with Crippen molar-refractivity contribution in [2.75, 3.05) is 16.8 Å². The first-order chi connectivity index (χ1) is 20.7. The SMILES string of the molecule is CCCCCC(=O)N1c2ccccc2NC2=C(C(=O)CC(C)(C)C2)[C@@H]1c1ccc(OCc2ccc(Cl)cc2)c(OCC)c1. The third-order valence-electron chi connectivity index (χ3n) is 8.05. The Morgan fingerprint density at radius 3 is 2.49 bits per heavy atom. The van der Waals surface area contributed by atoms with Gasteiger partial charge < -0.3 is 14.8 Å². The van der Waals surface area contributed by atoms with E-state index in [1.54, 1.807) is 0 Å². The van der Waals surface area contributed by atoms with Crippen LogP contribution in [0.5, 0.6) is 11.5 Å². The van der Waals surface area contributed by atoms with Crippen molar-refractivity contribution in [1.29, 1.82) is 0 Å². The van der Waals surface area contributed by atoms with Crippen molar-refractivity contribution < 1.29 is 19.1 Å². The zero-order valence-electron chi connectivity index (χ0n) is 25.5. The number of benzene rings is 3. The van der Waals surface area contributed by atoms with E-state index in [0.717, 1.165) is 47.5 Å². The number of carbonyl (C=O) groups excluding carboxylic acids is 2. The summed E-state index contributed by atoms with van der Waals surface area (Å²) in [6.45, 7) is 9.09. The fraction of sp³-hybridized carbons (Fsp3) is 0.389. The molecule has 0 saturated heterocycles. The molecule has 1 atom stereocenters. The normalized spacial score (nSPS) is 17.5. The van der Waals surface area contributed by atoms with Crippen molar-refractivity contribution in [2.24, 2.45) is 5.41 Å². The summed E-state index contributed by atoms with van der Waals surface area (Å²) < 4.78 is 12.3. The lowest BCUT2D eigenvalue weighted by Gasteiger charge is -2.37. The van der Waals surface area contributed by atoms with E-state index in [1.807, 2.05) is 78.6 Å². The van der Waals surface area contributed by atoms with Gasteiger partial charge in [0.1, 0.15) is 6.61 Å². The minimum atomic E-state index is -0.603. The Bertz CT molecular complexity index is 1510. The number of nitrogens with zero attached hydrogens (tertiary/aromatic N) is 1. The fourth-order valence-corrected chi connectivity index (χ4v) is 6.17. The molecule has 1 heterocycles. The highest BCUT2D eigenvalue weighted by atomic mass is 35.5. The lowest BCUT2D eigenvalue weighted by atomic mass is 9.73. The second-order valence-corrected chi connectivity index (χ2v) is 12.6. The number of carbonyl (C=O) groups is 2. The Labute approximate surface area is 260 Å². The van der Waals surface area contributed by atoms with Gasteiger partial charge in [0.25, 0.3) is 0 Å². The lowest BCUT2D eigenvalue weighted by molar-refractivity contribution is -0.119. The molecule has 0 unspecified atom stereocenters. The summed E-state index contributed by atoms with van der Waals surface area (Å²) in [5.41, 5.74) is 4.73. The van der Waals surface area contributed by atoms with Gasteiger partial charge in [0.05, 0.1) is 24.0 Å². The molecule has 5 rings (SSSR count). The van der Waals surface area contributed by atoms with E-state index < -0.39 is 6.04 Å². The maximum absolute atomic E-state index is 14.1. The highest BCUT2D eigenvalue weighted by molar-refractivity contribution is 6.30. The van der Waals surface area contributed by atoms with Gasteiger partial charge in [-0.2, -0.15) is 0 Å². The number of unbranched alkanes of at least 4 members (excludes halogenated alkanes) is 2. The maximum atomic E-state index is 14.1. The van der Waals surface area contributed by atoms with E-state index >= 15 is 0 Å². The van der Waals surface area contributed by atoms with Crippen molar-refractivity contribution in [3.05, 3.63) is 94.1 Å². The van der Waals surface area contributed by atoms with E-state index in [2.05, 4.69) is 26.1 Å². The third kappa shape index (κ3) is 6.91. The highest BCUT2D eigenvalue weighted by Crippen LogP contribution is 2.49. The molecule has 1 aliphatic carbocycles. The minimum absolute atomic E-state index is 0.000100. The number of ether oxygens (including phenoxy) is 2. The number of rotatable bonds is 10. The van der Waals surface area contributed by atoms with Gasteiger partial charge in [-0.25, -0.2) is 0 Å². The number of hydrogen-bond donors (Lipinski definition) is 1. The molecule has 0 aromatic heterocycles. The fourth-order valence-electron chi connectivity index (χ4n) is 6.05. The Morgan fingerprint density at radius 1 is 0.977 bits per heavy atom. The van der Waals surface area contributed by atoms with Gasteiger partial charge in [-0.05, 0) is 72.7 Å². The van der Waals surface area contributed by atoms with E-state index in [0.29, 0.717) is 54.6 Å². The summed E-state index contributed by atoms with van der Waals surface area (Å²) in [7, 11) is 0. The quantitative estimate of drug-likeness (QED) is 0.235. The Morgan fingerprint density at radius 2 is 1.74 bits per heavy atom. The second-order valence-electron chi connectivity index (χ2n) is 12.2. The van der Waals surface area contributed by atoms with Crippen LogP contribution in [-0.2, 0) is 16.2 Å². The van der Waals surface area contributed by atoms with Crippen LogP contribution in [0.25, 0.3) is 0 Å². The van der Waals surface area contributed by atoms with Crippen LogP contribution in [0.3, 0.4) is 0 Å². The molecule has 2 aliphatic rings. The topological polar surface area (TPSA) is 67.9 Å². The molecular formula is C36H41ClN2O4. The number of halogens is 1. The summed E-state index contributed by atoms with van der Waals surface area (Å²) in [6.07, 6.45) is 4.31. The number of Topliss-reactive ketones (excluding diaryl/α,β-unsaturated/α-hetero) is 1. The Kier molecular flexibility index (Phi) is 9.46. The van der Waals surface area contributed by atoms with Gasteiger partial charge in [0.2, 0.25) is 5.91 Å². The smallest absolute Gasteiger partial charge is 0.227 e. The molecule has 1 N–H and O–H groups in total. The van der Waals surface area contributed by atoms with Crippen molar-refractivity contribution in [3.8, 4) is 11.5 Å². The summed E-state index contributed by atoms with van der Waals surface area (Å²) in [5, 5.41) is 4.26. The average molecular weight is 601 g/mol. The van der Waals surface area contributed by atoms with E-state index in [1.165, 1.54) is 0 Å². The molecule has 1 aliphatic heterocycles. The first-order valence-electron chi connectivity index (χ1n) is 15.3. The van der Waals surface area contributed by atoms with Gasteiger partial charge in [0.15, 0.2) is 17.3 Å². The molecule has 0 bridgehead atoms. The minimum Gasteiger partial charge on any atom is -0.490 e. The number of ketones is 1. The summed E-state index contributed by atoms with van der Waals surface area (Å²) in [5.74, 6) is 1.23. The molecule has 6 nitrogen and oxygen atoms in total. The molecule has 3 aromatic carbocycles. The monoisotopic (exact) mass is 600 g/mol. The van der Waals surface area contributed by atoms with Crippen LogP contribution < -0.4 is 19.7 Å². The van der Waals surface area contributed by atoms with Crippen LogP contribution in [-0.4, -0.2) is 18.3 Å². The molecule has 1 amide bonds. The van der Waals surface area contributed by atoms with Crippen LogP contribution in [0.2, 0.25) is 5.02 Å². The zero-order valence-corrected chi connectivity index (χ0v) is 26.3. The maximum Gasteiger partial charge on any atom is 0.227 e. The summed E-state index contributed by atoms with van der Waals surface area (Å²) >= 11 is 6.05. The molecule has 0 fully saturated rings. The number of anilines is 2. The molecule has 3 aromatic rings. The average Bonchev–Trinajstić information content (AvgIpc) is 3.11. The van der Waals surface area contributed by atoms with Crippen LogP contribution in [0.15, 0.2) is 78.0 Å². The van der Waals surface area contributed by atoms with Gasteiger partial charge in [-0.1, -0.05) is 75.5 Å². The van der Waals surface area contributed by atoms with Crippen LogP contribution in [0.4, 0.5) is 11.4 Å². The first kappa shape index (κ1) is 30.7.